The molecule has 8 heteroatoms. The first-order valence-corrected chi connectivity index (χ1v) is 11.4. The van der Waals surface area contributed by atoms with E-state index in [1.54, 1.807) is 6.92 Å². The molecule has 0 bridgehead atoms. The average molecular weight is 457 g/mol. The average Bonchev–Trinajstić information content (AvgIpc) is 3.11. The van der Waals surface area contributed by atoms with Crippen molar-refractivity contribution in [2.75, 3.05) is 6.61 Å². The van der Waals surface area contributed by atoms with E-state index < -0.39 is 28.9 Å². The molecule has 1 aromatic heterocycles. The Bertz CT molecular complexity index is 1140. The zero-order valence-corrected chi connectivity index (χ0v) is 18.5. The van der Waals surface area contributed by atoms with Crippen LogP contribution in [0.1, 0.15) is 22.1 Å². The number of halogens is 1. The maximum Gasteiger partial charge on any atom is 0.329 e. The minimum atomic E-state index is -1.45. The largest absolute Gasteiger partial charge is 0.376 e. The van der Waals surface area contributed by atoms with E-state index in [1.807, 2.05) is 60.7 Å². The second-order valence-corrected chi connectivity index (χ2v) is 9.11. The number of aryl methyl sites for hydroxylation is 1. The molecule has 1 aliphatic heterocycles. The maximum atomic E-state index is 15.6. The third-order valence-corrected chi connectivity index (χ3v) is 6.89. The van der Waals surface area contributed by atoms with Crippen LogP contribution in [0.25, 0.3) is 0 Å². The van der Waals surface area contributed by atoms with Crippen LogP contribution in [-0.2, 0) is 22.7 Å². The van der Waals surface area contributed by atoms with Gasteiger partial charge in [-0.3, -0.25) is 14.3 Å². The lowest BCUT2D eigenvalue weighted by molar-refractivity contribution is -0.0262. The van der Waals surface area contributed by atoms with Gasteiger partial charge in [-0.25, -0.2) is 9.18 Å². The minimum absolute atomic E-state index is 0.258. The summed E-state index contributed by atoms with van der Waals surface area (Å²) in [6.45, 7) is 2.52. The molecule has 1 saturated heterocycles. The summed E-state index contributed by atoms with van der Waals surface area (Å²) in [5, 5.41) is -1.13. The van der Waals surface area contributed by atoms with Crippen LogP contribution in [0.2, 0.25) is 0 Å². The Kier molecular flexibility index (Phi) is 7.24. The first kappa shape index (κ1) is 22.5. The summed E-state index contributed by atoms with van der Waals surface area (Å²) < 4.78 is 28.7. The van der Waals surface area contributed by atoms with Gasteiger partial charge in [-0.05, 0) is 18.1 Å². The lowest BCUT2D eigenvalue weighted by Gasteiger charge is -2.21. The number of hydrogen-bond donors (Lipinski definition) is 1. The van der Waals surface area contributed by atoms with Gasteiger partial charge in [-0.1, -0.05) is 60.7 Å². The van der Waals surface area contributed by atoms with Crippen molar-refractivity contribution in [1.29, 1.82) is 0 Å². The number of H-pyrrole nitrogens is 1. The number of hydrogen-bond acceptors (Lipinski definition) is 5. The van der Waals surface area contributed by atoms with Crippen molar-refractivity contribution in [1.82, 2.24) is 9.55 Å². The summed E-state index contributed by atoms with van der Waals surface area (Å²) in [7, 11) is 0. The molecule has 0 aliphatic carbocycles. The Morgan fingerprint density at radius 3 is 2.28 bits per heavy atom. The van der Waals surface area contributed by atoms with Crippen LogP contribution in [0.3, 0.4) is 0 Å². The summed E-state index contributed by atoms with van der Waals surface area (Å²) >= 11 is 1.29. The normalized spacial score (nSPS) is 22.8. The number of aromatic nitrogens is 2. The Morgan fingerprint density at radius 2 is 1.62 bits per heavy atom. The molecule has 0 spiro atoms. The number of rotatable bonds is 8. The van der Waals surface area contributed by atoms with Gasteiger partial charge < -0.3 is 9.47 Å². The molecule has 168 valence electrons. The van der Waals surface area contributed by atoms with E-state index in [4.69, 9.17) is 9.47 Å². The highest BCUT2D eigenvalue weighted by Gasteiger charge is 2.47. The van der Waals surface area contributed by atoms with E-state index in [0.717, 1.165) is 11.1 Å². The van der Waals surface area contributed by atoms with E-state index in [1.165, 1.54) is 22.5 Å². The lowest BCUT2D eigenvalue weighted by atomic mass is 10.1. The highest BCUT2D eigenvalue weighted by molar-refractivity contribution is 8.00. The van der Waals surface area contributed by atoms with Crippen molar-refractivity contribution in [2.24, 2.45) is 0 Å². The first-order valence-electron chi connectivity index (χ1n) is 10.4. The van der Waals surface area contributed by atoms with Crippen molar-refractivity contribution in [3.05, 3.63) is 104 Å². The van der Waals surface area contributed by atoms with Gasteiger partial charge in [0.15, 0.2) is 6.17 Å². The molecule has 2 aromatic carbocycles. The fourth-order valence-electron chi connectivity index (χ4n) is 3.66. The summed E-state index contributed by atoms with van der Waals surface area (Å²) in [4.78, 5) is 26.4. The summed E-state index contributed by atoms with van der Waals surface area (Å²) in [5.74, 6) is 0. The molecular formula is C24H25FN2O4S. The van der Waals surface area contributed by atoms with E-state index in [2.05, 4.69) is 4.98 Å². The van der Waals surface area contributed by atoms with Crippen molar-refractivity contribution in [3.8, 4) is 0 Å². The van der Waals surface area contributed by atoms with Gasteiger partial charge in [0.1, 0.15) is 11.5 Å². The molecule has 4 atom stereocenters. The maximum absolute atomic E-state index is 15.6. The third kappa shape index (κ3) is 5.20. The summed E-state index contributed by atoms with van der Waals surface area (Å²) in [6.07, 6.45) is -0.801. The van der Waals surface area contributed by atoms with Crippen molar-refractivity contribution in [3.63, 3.8) is 0 Å². The molecule has 0 radical (unpaired) electrons. The predicted molar refractivity (Wildman–Crippen MR) is 122 cm³/mol. The molecule has 1 N–H and O–H groups in total. The smallest absolute Gasteiger partial charge is 0.329 e. The van der Waals surface area contributed by atoms with Crippen LogP contribution in [0, 0.1) is 6.92 Å². The Hall–Kier alpha value is -2.68. The SMILES string of the molecule is Cc1cn([C@H]2S[C@H](COCc3ccccc3)C(OCc3ccccc3)C2F)c(=O)[nH]c1=O. The standard InChI is InChI=1S/C24H25FN2O4S/c1-16-12-27(24(29)26-22(16)28)23-20(25)21(31-14-18-10-6-3-7-11-18)19(32-23)15-30-13-17-8-4-2-5-9-17/h2-12,19-21,23H,13-15H2,1H3,(H,26,28,29)/t19-,20?,21?,23+/m1/s1. The first-order chi connectivity index (χ1) is 15.5. The van der Waals surface area contributed by atoms with E-state index >= 15 is 4.39 Å². The highest BCUT2D eigenvalue weighted by Crippen LogP contribution is 2.45. The Labute approximate surface area is 189 Å². The van der Waals surface area contributed by atoms with Crippen LogP contribution in [0.5, 0.6) is 0 Å². The fraction of sp³-hybridized carbons (Fsp3) is 0.333. The minimum Gasteiger partial charge on any atom is -0.376 e. The summed E-state index contributed by atoms with van der Waals surface area (Å²) in [5.41, 5.74) is 1.22. The molecule has 6 nitrogen and oxygen atoms in total. The number of aromatic amines is 1. The van der Waals surface area contributed by atoms with Gasteiger partial charge in [-0.2, -0.15) is 0 Å². The highest BCUT2D eigenvalue weighted by atomic mass is 32.2. The van der Waals surface area contributed by atoms with Crippen LogP contribution >= 0.6 is 11.8 Å². The number of ether oxygens (including phenoxy) is 2. The van der Waals surface area contributed by atoms with Crippen molar-refractivity contribution < 1.29 is 13.9 Å². The second kappa shape index (κ2) is 10.3. The molecule has 2 heterocycles. The predicted octanol–water partition coefficient (Wildman–Crippen LogP) is 3.60. The lowest BCUT2D eigenvalue weighted by Crippen LogP contribution is -2.37. The Balaban J connectivity index is 1.51. The molecule has 0 saturated carbocycles. The van der Waals surface area contributed by atoms with E-state index in [9.17, 15) is 9.59 Å². The summed E-state index contributed by atoms with van der Waals surface area (Å²) in [6, 6.07) is 19.3. The van der Waals surface area contributed by atoms with Crippen LogP contribution in [0.4, 0.5) is 4.39 Å². The van der Waals surface area contributed by atoms with Gasteiger partial charge in [0, 0.05) is 11.8 Å². The Morgan fingerprint density at radius 1 is 1.00 bits per heavy atom. The number of benzene rings is 2. The van der Waals surface area contributed by atoms with E-state index in [0.29, 0.717) is 12.2 Å². The fourth-order valence-corrected chi connectivity index (χ4v) is 5.17. The zero-order valence-electron chi connectivity index (χ0n) is 17.6. The van der Waals surface area contributed by atoms with E-state index in [-0.39, 0.29) is 18.5 Å². The molecular weight excluding hydrogens is 431 g/mol. The number of alkyl halides is 1. The van der Waals surface area contributed by atoms with Gasteiger partial charge in [-0.15, -0.1) is 11.8 Å². The number of nitrogens with zero attached hydrogens (tertiary/aromatic N) is 1. The molecule has 1 fully saturated rings. The molecule has 3 aromatic rings. The molecule has 2 unspecified atom stereocenters. The number of nitrogens with one attached hydrogen (secondary N) is 1. The third-order valence-electron chi connectivity index (χ3n) is 5.37. The van der Waals surface area contributed by atoms with Gasteiger partial charge in [0.2, 0.25) is 0 Å². The molecule has 32 heavy (non-hydrogen) atoms. The molecule has 0 amide bonds. The van der Waals surface area contributed by atoms with Crippen molar-refractivity contribution in [2.45, 2.75) is 43.0 Å². The monoisotopic (exact) mass is 456 g/mol. The van der Waals surface area contributed by atoms with Gasteiger partial charge in [0.25, 0.3) is 5.56 Å². The number of thioether (sulfide) groups is 1. The quantitative estimate of drug-likeness (QED) is 0.561. The molecule has 4 rings (SSSR count). The molecule has 1 aliphatic rings. The second-order valence-electron chi connectivity index (χ2n) is 7.75. The van der Waals surface area contributed by atoms with Crippen LogP contribution in [-0.4, -0.2) is 33.7 Å². The van der Waals surface area contributed by atoms with Crippen LogP contribution < -0.4 is 11.2 Å². The van der Waals surface area contributed by atoms with Gasteiger partial charge in [0.05, 0.1) is 25.1 Å². The van der Waals surface area contributed by atoms with Gasteiger partial charge >= 0.3 is 5.69 Å². The zero-order chi connectivity index (χ0) is 22.5. The topological polar surface area (TPSA) is 73.3 Å². The van der Waals surface area contributed by atoms with Crippen molar-refractivity contribution >= 4 is 11.8 Å². The van der Waals surface area contributed by atoms with Crippen LogP contribution in [0.15, 0.2) is 76.4 Å².